The van der Waals surface area contributed by atoms with E-state index in [-0.39, 0.29) is 42.4 Å². The summed E-state index contributed by atoms with van der Waals surface area (Å²) in [6.07, 6.45) is 7.27. The maximum atomic E-state index is 15.8. The maximum absolute atomic E-state index is 15.8. The van der Waals surface area contributed by atoms with Crippen LogP contribution >= 0.6 is 11.3 Å². The molecule has 1 atom stereocenters. The number of thiophene rings is 1. The van der Waals surface area contributed by atoms with E-state index in [2.05, 4.69) is 16.8 Å². The highest BCUT2D eigenvalue weighted by Gasteiger charge is 2.52. The fraction of sp³-hybridized carbons (Fsp3) is 0.391. The topological polar surface area (TPSA) is 109 Å². The second-order valence-corrected chi connectivity index (χ2v) is 18.2. The summed E-state index contributed by atoms with van der Waals surface area (Å²) < 4.78 is 42.2. The zero-order valence-electron chi connectivity index (χ0n) is 35.8. The van der Waals surface area contributed by atoms with Crippen molar-refractivity contribution in [1.82, 2.24) is 29.0 Å². The maximum Gasteiger partial charge on any atom is 0.737 e. The second kappa shape index (κ2) is 16.4. The number of aromatic nitrogens is 4. The van der Waals surface area contributed by atoms with Gasteiger partial charge in [0, 0.05) is 92.7 Å². The summed E-state index contributed by atoms with van der Waals surface area (Å²) in [4.78, 5) is 50.9. The monoisotopic (exact) mass is 860 g/mol. The van der Waals surface area contributed by atoms with Gasteiger partial charge in [-0.05, 0) is 107 Å². The minimum Gasteiger partial charge on any atom is -0.493 e. The van der Waals surface area contributed by atoms with E-state index in [0.29, 0.717) is 79.1 Å². The largest absolute Gasteiger partial charge is 0.737 e. The van der Waals surface area contributed by atoms with Crippen molar-refractivity contribution < 1.29 is 32.2 Å². The molecule has 2 saturated heterocycles. The molecule has 4 aromatic heterocycles. The van der Waals surface area contributed by atoms with Gasteiger partial charge in [-0.2, -0.15) is 5.10 Å². The van der Waals surface area contributed by atoms with E-state index in [4.69, 9.17) is 9.84 Å². The van der Waals surface area contributed by atoms with Crippen LogP contribution in [0, 0.1) is 12.8 Å². The molecule has 4 aliphatic rings. The molecule has 1 aromatic carbocycles. The Morgan fingerprint density at radius 2 is 1.77 bits per heavy atom. The third kappa shape index (κ3) is 7.77. The van der Waals surface area contributed by atoms with Crippen molar-refractivity contribution >= 4 is 63.7 Å². The molecule has 2 amide bonds. The van der Waals surface area contributed by atoms with Gasteiger partial charge in [0.05, 0.1) is 23.7 Å². The van der Waals surface area contributed by atoms with Crippen molar-refractivity contribution in [3.8, 4) is 5.75 Å². The molecule has 12 nitrogen and oxygen atoms in total. The molecule has 0 aliphatic carbocycles. The van der Waals surface area contributed by atoms with E-state index in [9.17, 15) is 14.4 Å². The Balaban J connectivity index is 0.761. The Morgan fingerprint density at radius 1 is 0.968 bits per heavy atom. The molecule has 4 aliphatic heterocycles. The first kappa shape index (κ1) is 41.5. The van der Waals surface area contributed by atoms with E-state index in [1.807, 2.05) is 70.8 Å². The van der Waals surface area contributed by atoms with Gasteiger partial charge >= 0.3 is 6.97 Å². The number of likely N-dealkylation sites (tertiary alicyclic amines) is 1. The minimum atomic E-state index is -4.05. The number of hydrogen-bond acceptors (Lipinski definition) is 8. The van der Waals surface area contributed by atoms with Crippen molar-refractivity contribution in [2.75, 3.05) is 44.2 Å². The number of nitrogens with zero attached hydrogens (tertiary/aromatic N) is 8. The highest BCUT2D eigenvalue weighted by molar-refractivity contribution is 7.20. The number of halogens is 2. The lowest BCUT2D eigenvalue weighted by molar-refractivity contribution is -0.362. The highest BCUT2D eigenvalue weighted by Crippen LogP contribution is 2.36. The number of benzene rings is 1. The molecule has 0 N–H and O–H groups in total. The summed E-state index contributed by atoms with van der Waals surface area (Å²) in [5.74, 6) is 1.84. The van der Waals surface area contributed by atoms with Crippen molar-refractivity contribution in [1.29, 1.82) is 0 Å². The molecule has 9 rings (SSSR count). The van der Waals surface area contributed by atoms with E-state index < -0.39 is 6.97 Å². The number of fused-ring (bicyclic) bond motifs is 3. The highest BCUT2D eigenvalue weighted by atomic mass is 32.1. The van der Waals surface area contributed by atoms with E-state index >= 15 is 8.63 Å². The molecule has 5 aromatic rings. The Bertz CT molecular complexity index is 2690. The van der Waals surface area contributed by atoms with Gasteiger partial charge in [0.2, 0.25) is 5.91 Å². The van der Waals surface area contributed by atoms with Crippen molar-refractivity contribution in [2.45, 2.75) is 72.9 Å². The van der Waals surface area contributed by atoms with E-state index in [1.54, 1.807) is 37.4 Å². The zero-order valence-corrected chi connectivity index (χ0v) is 36.6. The average molecular weight is 861 g/mol. The summed E-state index contributed by atoms with van der Waals surface area (Å²) in [5.41, 5.74) is 5.33. The molecular weight excluding hydrogens is 809 g/mol. The Kier molecular flexibility index (Phi) is 11.0. The van der Waals surface area contributed by atoms with Crippen LogP contribution in [0.1, 0.15) is 89.6 Å². The zero-order chi connectivity index (χ0) is 43.4. The number of hydrogen-bond donors (Lipinski definition) is 0. The number of ether oxygens (including phenoxy) is 1. The Morgan fingerprint density at radius 3 is 2.52 bits per heavy atom. The summed E-state index contributed by atoms with van der Waals surface area (Å²) >= 11 is 1.47. The molecule has 0 saturated carbocycles. The Labute approximate surface area is 363 Å². The fourth-order valence-electron chi connectivity index (χ4n) is 9.49. The standard InChI is InChI=1S/C46H51BF2N8O4S/c1-29-21-30(2)56-41(29)23-38-11-10-37(57(38)47(56,48)49)12-14-44(59)52-17-15-34(16-18-52)28-61-39-8-6-7-35(22-39)27-55-46-40(32(4)51-55)24-42(62-46)45(60)53-19-20-54(31(3)26-53)43-13-9-36(25-50-43)33(5)58/h6-11,13,21-25,31,34H,12,14-20,26-28H2,1-5H3/t31-/m1/s1. The number of piperazine rings is 1. The lowest BCUT2D eigenvalue weighted by Crippen LogP contribution is -2.54. The number of allylic oxidation sites excluding steroid dienone is 2. The van der Waals surface area contributed by atoms with Crippen molar-refractivity contribution in [2.24, 2.45) is 5.92 Å². The van der Waals surface area contributed by atoms with Gasteiger partial charge < -0.3 is 37.0 Å². The van der Waals surface area contributed by atoms with E-state index in [0.717, 1.165) is 60.4 Å². The first-order valence-electron chi connectivity index (χ1n) is 21.5. The molecule has 2 fully saturated rings. The molecule has 0 unspecified atom stereocenters. The lowest BCUT2D eigenvalue weighted by atomic mass is 9.89. The van der Waals surface area contributed by atoms with Gasteiger partial charge in [-0.3, -0.25) is 19.1 Å². The van der Waals surface area contributed by atoms with Crippen LogP contribution < -0.4 is 9.64 Å². The van der Waals surface area contributed by atoms with Crippen LogP contribution in [-0.2, 0) is 17.8 Å². The number of carbonyl (C=O) groups is 3. The van der Waals surface area contributed by atoms with Crippen molar-refractivity contribution in [3.05, 3.63) is 111 Å². The smallest absolute Gasteiger partial charge is 0.493 e. The van der Waals surface area contributed by atoms with Crippen LogP contribution in [-0.4, -0.2) is 109 Å². The SMILES string of the molecule is CC(=O)c1ccc(N2CCN(C(=O)c3cc4c(C)nn(Cc5cccc(OCC6CCN(C(=O)CCc7ccc8n7[B-](F)(F)[N+]7=C(C)C=C(C)C7=C8)CC6)c5)c4s3)C[C@H]2C)nc1. The average Bonchev–Trinajstić information content (AvgIpc) is 4.03. The van der Waals surface area contributed by atoms with Crippen LogP contribution in [0.4, 0.5) is 14.4 Å². The van der Waals surface area contributed by atoms with Gasteiger partial charge in [0.25, 0.3) is 5.91 Å². The molecule has 8 heterocycles. The summed E-state index contributed by atoms with van der Waals surface area (Å²) in [6.45, 7) is 9.17. The number of rotatable bonds is 11. The number of amides is 2. The third-order valence-corrected chi connectivity index (χ3v) is 14.0. The number of piperidine rings is 1. The fourth-order valence-corrected chi connectivity index (χ4v) is 10.6. The molecule has 0 spiro atoms. The molecule has 0 radical (unpaired) electrons. The van der Waals surface area contributed by atoms with Gasteiger partial charge in [-0.25, -0.2) is 4.98 Å². The van der Waals surface area contributed by atoms with Crippen molar-refractivity contribution in [3.63, 3.8) is 0 Å². The minimum absolute atomic E-state index is 0.0114. The Hall–Kier alpha value is -5.90. The first-order chi connectivity index (χ1) is 29.7. The van der Waals surface area contributed by atoms with Crippen LogP contribution in [0.15, 0.2) is 78.1 Å². The number of Topliss-reactive ketones (excluding diaryl/α,β-unsaturated/α-hetero) is 1. The lowest BCUT2D eigenvalue weighted by Gasteiger charge is -2.40. The van der Waals surface area contributed by atoms with Gasteiger partial charge in [-0.15, -0.1) is 11.3 Å². The van der Waals surface area contributed by atoms with Gasteiger partial charge in [0.15, 0.2) is 11.5 Å². The predicted octanol–water partition coefficient (Wildman–Crippen LogP) is 7.47. The van der Waals surface area contributed by atoms with Crippen LogP contribution in [0.25, 0.3) is 16.3 Å². The molecular formula is C46H51BF2N8O4S. The summed E-state index contributed by atoms with van der Waals surface area (Å²) in [5, 5.41) is 5.80. The molecule has 62 heavy (non-hydrogen) atoms. The quantitative estimate of drug-likeness (QED) is 0.100. The third-order valence-electron chi connectivity index (χ3n) is 12.9. The second-order valence-electron chi connectivity index (χ2n) is 17.2. The number of anilines is 1. The predicted molar refractivity (Wildman–Crippen MR) is 238 cm³/mol. The van der Waals surface area contributed by atoms with Crippen LogP contribution in [0.2, 0.25) is 0 Å². The molecule has 16 heteroatoms. The van der Waals surface area contributed by atoms with Crippen LogP contribution in [0.5, 0.6) is 5.75 Å². The van der Waals surface area contributed by atoms with E-state index in [1.165, 1.54) is 18.3 Å². The normalized spacial score (nSPS) is 18.8. The molecule has 322 valence electrons. The molecule has 0 bridgehead atoms. The first-order valence-corrected chi connectivity index (χ1v) is 22.3. The summed E-state index contributed by atoms with van der Waals surface area (Å²) in [7, 11) is 0. The summed E-state index contributed by atoms with van der Waals surface area (Å²) in [6, 6.07) is 17.2. The van der Waals surface area contributed by atoms with Crippen LogP contribution in [0.3, 0.4) is 0 Å². The number of carbonyl (C=O) groups excluding carboxylic acids is 3. The number of ketones is 1. The number of pyridine rings is 1. The number of aryl methyl sites for hydroxylation is 2. The van der Waals surface area contributed by atoms with Gasteiger partial charge in [0.1, 0.15) is 22.1 Å². The van der Waals surface area contributed by atoms with Gasteiger partial charge in [-0.1, -0.05) is 12.1 Å².